The first kappa shape index (κ1) is 9.54. The van der Waals surface area contributed by atoms with E-state index in [4.69, 9.17) is 5.26 Å². The van der Waals surface area contributed by atoms with E-state index in [-0.39, 0.29) is 0 Å². The fourth-order valence-corrected chi connectivity index (χ4v) is 2.97. The predicted octanol–water partition coefficient (Wildman–Crippen LogP) is 2.56. The van der Waals surface area contributed by atoms with Gasteiger partial charge in [-0.2, -0.15) is 17.0 Å². The van der Waals surface area contributed by atoms with Crippen molar-refractivity contribution in [2.24, 2.45) is 0 Å². The van der Waals surface area contributed by atoms with Crippen LogP contribution in [0.2, 0.25) is 0 Å². The number of hydrogen-bond acceptors (Lipinski definition) is 3. The highest BCUT2D eigenvalue weighted by molar-refractivity contribution is 7.99. The molecule has 3 heteroatoms. The predicted molar refractivity (Wildman–Crippen MR) is 58.3 cm³/mol. The van der Waals surface area contributed by atoms with Crippen LogP contribution in [0.4, 0.5) is 0 Å². The standard InChI is InChI=1S/C11H12N2S/c12-7-10-8-13-4-1-11(10)9-2-5-14-6-3-9/h1,4,8-9H,2-3,5-6H2. The SMILES string of the molecule is N#Cc1cnccc1C1CCSCC1. The van der Waals surface area contributed by atoms with Gasteiger partial charge >= 0.3 is 0 Å². The van der Waals surface area contributed by atoms with E-state index < -0.39 is 0 Å². The molecule has 1 aliphatic heterocycles. The summed E-state index contributed by atoms with van der Waals surface area (Å²) in [5.74, 6) is 3.02. The molecule has 1 aliphatic rings. The third-order valence-corrected chi connectivity index (χ3v) is 3.69. The van der Waals surface area contributed by atoms with Crippen molar-refractivity contribution in [2.75, 3.05) is 11.5 Å². The van der Waals surface area contributed by atoms with Crippen LogP contribution in [0.15, 0.2) is 18.5 Å². The molecule has 0 unspecified atom stereocenters. The first-order valence-corrected chi connectivity index (χ1v) is 5.99. The zero-order chi connectivity index (χ0) is 9.80. The molecule has 0 aliphatic carbocycles. The number of nitriles is 1. The van der Waals surface area contributed by atoms with Gasteiger partial charge in [0, 0.05) is 12.4 Å². The molecule has 0 bridgehead atoms. The van der Waals surface area contributed by atoms with E-state index in [0.29, 0.717) is 5.92 Å². The van der Waals surface area contributed by atoms with Crippen molar-refractivity contribution >= 4 is 11.8 Å². The van der Waals surface area contributed by atoms with Crippen LogP contribution in [-0.2, 0) is 0 Å². The largest absolute Gasteiger partial charge is 0.263 e. The quantitative estimate of drug-likeness (QED) is 0.705. The van der Waals surface area contributed by atoms with Crippen LogP contribution < -0.4 is 0 Å². The zero-order valence-corrected chi connectivity index (χ0v) is 8.76. The minimum Gasteiger partial charge on any atom is -0.263 e. The summed E-state index contributed by atoms with van der Waals surface area (Å²) in [6, 6.07) is 4.22. The molecule has 0 amide bonds. The molecule has 0 atom stereocenters. The molecule has 0 spiro atoms. The maximum atomic E-state index is 8.95. The van der Waals surface area contributed by atoms with E-state index in [1.165, 1.54) is 29.9 Å². The van der Waals surface area contributed by atoms with Crippen molar-refractivity contribution in [3.8, 4) is 6.07 Å². The second-order valence-corrected chi connectivity index (χ2v) is 4.69. The second-order valence-electron chi connectivity index (χ2n) is 3.46. The molecule has 1 saturated heterocycles. The second kappa shape index (κ2) is 4.47. The number of hydrogen-bond donors (Lipinski definition) is 0. The molecule has 2 rings (SSSR count). The lowest BCUT2D eigenvalue weighted by molar-refractivity contribution is 0.635. The number of nitrogens with zero attached hydrogens (tertiary/aromatic N) is 2. The van der Waals surface area contributed by atoms with Crippen molar-refractivity contribution in [3.63, 3.8) is 0 Å². The normalized spacial score (nSPS) is 17.6. The summed E-state index contributed by atoms with van der Waals surface area (Å²) in [6.07, 6.45) is 5.86. The van der Waals surface area contributed by atoms with E-state index in [9.17, 15) is 0 Å². The number of pyridine rings is 1. The minimum atomic E-state index is 0.578. The number of thioether (sulfide) groups is 1. The van der Waals surface area contributed by atoms with Gasteiger partial charge in [0.2, 0.25) is 0 Å². The van der Waals surface area contributed by atoms with Gasteiger partial charge in [0.1, 0.15) is 6.07 Å². The molecule has 0 radical (unpaired) electrons. The highest BCUT2D eigenvalue weighted by Crippen LogP contribution is 2.32. The Balaban J connectivity index is 2.26. The Morgan fingerprint density at radius 3 is 2.93 bits per heavy atom. The van der Waals surface area contributed by atoms with E-state index in [1.807, 2.05) is 17.8 Å². The molecule has 14 heavy (non-hydrogen) atoms. The third-order valence-electron chi connectivity index (χ3n) is 2.64. The third kappa shape index (κ3) is 1.91. The minimum absolute atomic E-state index is 0.578. The van der Waals surface area contributed by atoms with Crippen LogP contribution >= 0.6 is 11.8 Å². The summed E-state index contributed by atoms with van der Waals surface area (Å²) >= 11 is 2.01. The van der Waals surface area contributed by atoms with Gasteiger partial charge in [-0.1, -0.05) is 0 Å². The molecule has 72 valence electrons. The van der Waals surface area contributed by atoms with Crippen LogP contribution in [0, 0.1) is 11.3 Å². The van der Waals surface area contributed by atoms with Gasteiger partial charge < -0.3 is 0 Å². The Morgan fingerprint density at radius 2 is 2.21 bits per heavy atom. The first-order valence-electron chi connectivity index (χ1n) is 4.83. The Hall–Kier alpha value is -1.01. The van der Waals surface area contributed by atoms with Crippen molar-refractivity contribution in [3.05, 3.63) is 29.6 Å². The summed E-state index contributed by atoms with van der Waals surface area (Å²) in [6.45, 7) is 0. The van der Waals surface area contributed by atoms with Crippen molar-refractivity contribution in [2.45, 2.75) is 18.8 Å². The number of aromatic nitrogens is 1. The summed E-state index contributed by atoms with van der Waals surface area (Å²) in [7, 11) is 0. The van der Waals surface area contributed by atoms with E-state index in [2.05, 4.69) is 11.1 Å². The maximum absolute atomic E-state index is 8.95. The average Bonchev–Trinajstić information content (AvgIpc) is 2.30. The molecule has 1 fully saturated rings. The molecule has 2 heterocycles. The summed E-state index contributed by atoms with van der Waals surface area (Å²) < 4.78 is 0. The number of rotatable bonds is 1. The van der Waals surface area contributed by atoms with Gasteiger partial charge in [-0.25, -0.2) is 0 Å². The Kier molecular flexibility index (Phi) is 3.05. The van der Waals surface area contributed by atoms with Crippen LogP contribution in [0.3, 0.4) is 0 Å². The lowest BCUT2D eigenvalue weighted by atomic mass is 9.91. The van der Waals surface area contributed by atoms with Gasteiger partial charge in [-0.3, -0.25) is 4.98 Å². The monoisotopic (exact) mass is 204 g/mol. The molecule has 0 saturated carbocycles. The molecule has 1 aromatic heterocycles. The highest BCUT2D eigenvalue weighted by atomic mass is 32.2. The van der Waals surface area contributed by atoms with E-state index in [1.54, 1.807) is 12.4 Å². The molecular weight excluding hydrogens is 192 g/mol. The maximum Gasteiger partial charge on any atom is 0.101 e. The van der Waals surface area contributed by atoms with Gasteiger partial charge in [-0.05, 0) is 41.9 Å². The summed E-state index contributed by atoms with van der Waals surface area (Å²) in [5, 5.41) is 8.95. The van der Waals surface area contributed by atoms with Crippen LogP contribution in [-0.4, -0.2) is 16.5 Å². The molecule has 0 aromatic carbocycles. The van der Waals surface area contributed by atoms with Gasteiger partial charge in [0.05, 0.1) is 5.56 Å². The summed E-state index contributed by atoms with van der Waals surface area (Å²) in [4.78, 5) is 3.98. The van der Waals surface area contributed by atoms with Crippen molar-refractivity contribution in [1.82, 2.24) is 4.98 Å². The molecular formula is C11H12N2S. The van der Waals surface area contributed by atoms with Crippen LogP contribution in [0.5, 0.6) is 0 Å². The molecule has 2 nitrogen and oxygen atoms in total. The van der Waals surface area contributed by atoms with Crippen LogP contribution in [0.25, 0.3) is 0 Å². The van der Waals surface area contributed by atoms with E-state index >= 15 is 0 Å². The van der Waals surface area contributed by atoms with Gasteiger partial charge in [0.15, 0.2) is 0 Å². The van der Waals surface area contributed by atoms with Crippen molar-refractivity contribution < 1.29 is 0 Å². The molecule has 1 aromatic rings. The summed E-state index contributed by atoms with van der Waals surface area (Å²) in [5.41, 5.74) is 1.95. The zero-order valence-electron chi connectivity index (χ0n) is 7.94. The highest BCUT2D eigenvalue weighted by Gasteiger charge is 2.18. The van der Waals surface area contributed by atoms with E-state index in [0.717, 1.165) is 5.56 Å². The average molecular weight is 204 g/mol. The first-order chi connectivity index (χ1) is 6.92. The Labute approximate surface area is 88.4 Å². The Morgan fingerprint density at radius 1 is 1.43 bits per heavy atom. The van der Waals surface area contributed by atoms with Crippen molar-refractivity contribution in [1.29, 1.82) is 5.26 Å². The fourth-order valence-electron chi connectivity index (χ4n) is 1.86. The lowest BCUT2D eigenvalue weighted by Crippen LogP contribution is -2.09. The molecule has 0 N–H and O–H groups in total. The fraction of sp³-hybridized carbons (Fsp3) is 0.455. The van der Waals surface area contributed by atoms with Gasteiger partial charge in [0.25, 0.3) is 0 Å². The topological polar surface area (TPSA) is 36.7 Å². The van der Waals surface area contributed by atoms with Gasteiger partial charge in [-0.15, -0.1) is 0 Å². The van der Waals surface area contributed by atoms with Crippen LogP contribution in [0.1, 0.15) is 29.9 Å². The lowest BCUT2D eigenvalue weighted by Gasteiger charge is -2.22. The Bertz CT molecular complexity index is 351. The smallest absolute Gasteiger partial charge is 0.101 e.